The molecule has 0 saturated carbocycles. The van der Waals surface area contributed by atoms with Gasteiger partial charge in [-0.1, -0.05) is 30.3 Å². The van der Waals surface area contributed by atoms with Gasteiger partial charge in [-0.3, -0.25) is 0 Å². The van der Waals surface area contributed by atoms with Crippen LogP contribution in [-0.4, -0.2) is 48.7 Å². The van der Waals surface area contributed by atoms with Gasteiger partial charge < -0.3 is 19.7 Å². The summed E-state index contributed by atoms with van der Waals surface area (Å²) in [6.07, 6.45) is -1.82. The number of nitrogens with one attached hydrogen (secondary N) is 1. The quantitative estimate of drug-likeness (QED) is 0.846. The molecule has 1 aromatic rings. The zero-order valence-electron chi connectivity index (χ0n) is 14.8. The van der Waals surface area contributed by atoms with Gasteiger partial charge in [0, 0.05) is 7.05 Å². The van der Waals surface area contributed by atoms with Gasteiger partial charge in [0.1, 0.15) is 12.2 Å². The van der Waals surface area contributed by atoms with Crippen LogP contribution in [0.4, 0.5) is 18.4 Å². The Balaban J connectivity index is 2.41. The average Bonchev–Trinajstić information content (AvgIpc) is 2.49. The van der Waals surface area contributed by atoms with Gasteiger partial charge in [-0.25, -0.2) is 18.4 Å². The summed E-state index contributed by atoms with van der Waals surface area (Å²) in [6.45, 7) is 3.03. The number of ether oxygens (including phenoxy) is 2. The van der Waals surface area contributed by atoms with E-state index in [2.05, 4.69) is 0 Å². The lowest BCUT2D eigenvalue weighted by molar-refractivity contribution is -0.0279. The third-order valence-electron chi connectivity index (χ3n) is 2.88. The Labute approximate surface area is 146 Å². The maximum absolute atomic E-state index is 13.9. The molecule has 6 nitrogen and oxygen atoms in total. The smallest absolute Gasteiger partial charge is 0.410 e. The molecule has 0 unspecified atom stereocenters. The molecule has 0 aliphatic carbocycles. The van der Waals surface area contributed by atoms with E-state index < -0.39 is 36.8 Å². The van der Waals surface area contributed by atoms with Crippen molar-refractivity contribution in [3.05, 3.63) is 35.9 Å². The monoisotopic (exact) mass is 358 g/mol. The number of amides is 2. The number of carbonyl (C=O) groups is 2. The molecule has 0 radical (unpaired) electrons. The number of alkyl carbamates (subject to hydrolysis) is 1. The Kier molecular flexibility index (Phi) is 7.14. The Bertz CT molecular complexity index is 574. The molecule has 0 aliphatic rings. The molecule has 1 N–H and O–H groups in total. The molecule has 0 spiro atoms. The lowest BCUT2D eigenvalue weighted by Crippen LogP contribution is -2.46. The van der Waals surface area contributed by atoms with Crippen LogP contribution < -0.4 is 5.32 Å². The highest BCUT2D eigenvalue weighted by atomic mass is 19.3. The van der Waals surface area contributed by atoms with Gasteiger partial charge in [0.25, 0.3) is 5.92 Å². The van der Waals surface area contributed by atoms with Crippen LogP contribution in [0.2, 0.25) is 0 Å². The Hall–Kier alpha value is -2.38. The van der Waals surface area contributed by atoms with Crippen LogP contribution in [0.5, 0.6) is 0 Å². The van der Waals surface area contributed by atoms with E-state index in [-0.39, 0.29) is 6.61 Å². The van der Waals surface area contributed by atoms with Gasteiger partial charge in [-0.05, 0) is 26.3 Å². The highest BCUT2D eigenvalue weighted by molar-refractivity contribution is 5.68. The van der Waals surface area contributed by atoms with Crippen molar-refractivity contribution >= 4 is 12.2 Å². The fraction of sp³-hybridized carbons (Fsp3) is 0.529. The molecule has 0 fully saturated rings. The van der Waals surface area contributed by atoms with Crippen molar-refractivity contribution in [2.24, 2.45) is 0 Å². The largest absolute Gasteiger partial charge is 0.445 e. The van der Waals surface area contributed by atoms with Gasteiger partial charge >= 0.3 is 12.2 Å². The summed E-state index contributed by atoms with van der Waals surface area (Å²) in [5.74, 6) is -3.32. The molecule has 0 heterocycles. The molecule has 0 bridgehead atoms. The number of carbonyl (C=O) groups excluding carboxylic acids is 2. The zero-order valence-corrected chi connectivity index (χ0v) is 14.8. The van der Waals surface area contributed by atoms with Crippen LogP contribution in [-0.2, 0) is 16.1 Å². The number of benzene rings is 1. The topological polar surface area (TPSA) is 67.9 Å². The van der Waals surface area contributed by atoms with Crippen molar-refractivity contribution in [1.29, 1.82) is 0 Å². The van der Waals surface area contributed by atoms with Crippen LogP contribution in [0, 0.1) is 0 Å². The van der Waals surface area contributed by atoms with Gasteiger partial charge in [0.15, 0.2) is 0 Å². The fourth-order valence-electron chi connectivity index (χ4n) is 1.81. The highest BCUT2D eigenvalue weighted by Crippen LogP contribution is 2.15. The molecule has 1 aromatic carbocycles. The lowest BCUT2D eigenvalue weighted by atomic mass is 10.2. The first-order chi connectivity index (χ1) is 11.5. The highest BCUT2D eigenvalue weighted by Gasteiger charge is 2.34. The lowest BCUT2D eigenvalue weighted by Gasteiger charge is -2.25. The average molecular weight is 358 g/mol. The van der Waals surface area contributed by atoms with Crippen molar-refractivity contribution in [3.8, 4) is 0 Å². The van der Waals surface area contributed by atoms with Crippen molar-refractivity contribution < 1.29 is 27.8 Å². The summed E-state index contributed by atoms with van der Waals surface area (Å²) in [5, 5.41) is 1.99. The van der Waals surface area contributed by atoms with E-state index in [1.54, 1.807) is 45.0 Å². The normalized spacial score (nSPS) is 11.6. The van der Waals surface area contributed by atoms with E-state index in [1.165, 1.54) is 7.05 Å². The summed E-state index contributed by atoms with van der Waals surface area (Å²) in [5.41, 5.74) is -0.0279. The molecule has 0 saturated heterocycles. The first-order valence-corrected chi connectivity index (χ1v) is 7.75. The fourth-order valence-corrected chi connectivity index (χ4v) is 1.81. The summed E-state index contributed by atoms with van der Waals surface area (Å²) in [6, 6.07) is 8.89. The summed E-state index contributed by atoms with van der Waals surface area (Å²) in [7, 11) is 1.20. The van der Waals surface area contributed by atoms with Gasteiger partial charge in [0.05, 0.1) is 13.1 Å². The predicted octanol–water partition coefficient (Wildman–Crippen LogP) is 3.42. The number of halogens is 2. The van der Waals surface area contributed by atoms with E-state index in [0.717, 1.165) is 10.5 Å². The van der Waals surface area contributed by atoms with E-state index in [1.807, 2.05) is 11.4 Å². The van der Waals surface area contributed by atoms with Gasteiger partial charge in [0.2, 0.25) is 0 Å². The van der Waals surface area contributed by atoms with Crippen LogP contribution in [0.3, 0.4) is 0 Å². The predicted molar refractivity (Wildman–Crippen MR) is 88.4 cm³/mol. The number of nitrogens with zero attached hydrogens (tertiary/aromatic N) is 1. The van der Waals surface area contributed by atoms with Crippen molar-refractivity contribution in [1.82, 2.24) is 10.2 Å². The number of alkyl halides is 2. The second-order valence-electron chi connectivity index (χ2n) is 6.61. The van der Waals surface area contributed by atoms with Crippen LogP contribution in [0.1, 0.15) is 26.3 Å². The number of hydrogen-bond donors (Lipinski definition) is 1. The standard InChI is InChI=1S/C17H24F2N2O4/c1-16(2,3)25-14(22)20-11-17(18,19)12-21(4)15(23)24-10-13-8-6-5-7-9-13/h5-9H,10-12H2,1-4H3,(H,20,22). The molecule has 1 rings (SSSR count). The number of hydrogen-bond acceptors (Lipinski definition) is 4. The molecule has 140 valence electrons. The van der Waals surface area contributed by atoms with Crippen LogP contribution in [0.25, 0.3) is 0 Å². The van der Waals surface area contributed by atoms with Crippen molar-refractivity contribution in [2.75, 3.05) is 20.1 Å². The minimum Gasteiger partial charge on any atom is -0.445 e. The van der Waals surface area contributed by atoms with Gasteiger partial charge in [-0.2, -0.15) is 0 Å². The molecule has 0 atom stereocenters. The maximum Gasteiger partial charge on any atom is 0.410 e. The van der Waals surface area contributed by atoms with Crippen molar-refractivity contribution in [3.63, 3.8) is 0 Å². The molecule has 0 aromatic heterocycles. The maximum atomic E-state index is 13.9. The van der Waals surface area contributed by atoms with Crippen LogP contribution >= 0.6 is 0 Å². The molecule has 0 aliphatic heterocycles. The molecular formula is C17H24F2N2O4. The Morgan fingerprint density at radius 1 is 1.16 bits per heavy atom. The zero-order chi connectivity index (χ0) is 19.1. The first-order valence-electron chi connectivity index (χ1n) is 7.75. The Morgan fingerprint density at radius 3 is 2.32 bits per heavy atom. The molecular weight excluding hydrogens is 334 g/mol. The second-order valence-corrected chi connectivity index (χ2v) is 6.61. The minimum atomic E-state index is -3.32. The molecule has 25 heavy (non-hydrogen) atoms. The van der Waals surface area contributed by atoms with Crippen LogP contribution in [0.15, 0.2) is 30.3 Å². The van der Waals surface area contributed by atoms with Crippen molar-refractivity contribution in [2.45, 2.75) is 38.9 Å². The van der Waals surface area contributed by atoms with Gasteiger partial charge in [-0.15, -0.1) is 0 Å². The first kappa shape index (κ1) is 20.7. The molecule has 2 amide bonds. The van der Waals surface area contributed by atoms with E-state index in [0.29, 0.717) is 0 Å². The van der Waals surface area contributed by atoms with E-state index in [9.17, 15) is 18.4 Å². The van der Waals surface area contributed by atoms with E-state index >= 15 is 0 Å². The minimum absolute atomic E-state index is 0.00819. The third kappa shape index (κ3) is 8.88. The SMILES string of the molecule is CN(CC(F)(F)CNC(=O)OC(C)(C)C)C(=O)OCc1ccccc1. The summed E-state index contributed by atoms with van der Waals surface area (Å²) in [4.78, 5) is 24.0. The third-order valence-corrected chi connectivity index (χ3v) is 2.88. The molecule has 8 heteroatoms. The Morgan fingerprint density at radius 2 is 1.76 bits per heavy atom. The summed E-state index contributed by atoms with van der Waals surface area (Å²) >= 11 is 0. The second kappa shape index (κ2) is 8.64. The van der Waals surface area contributed by atoms with E-state index in [4.69, 9.17) is 9.47 Å². The number of rotatable bonds is 6. The summed E-state index contributed by atoms with van der Waals surface area (Å²) < 4.78 is 37.6.